The lowest BCUT2D eigenvalue weighted by Gasteiger charge is -2.32. The molecule has 116 valence electrons. The van der Waals surface area contributed by atoms with Crippen LogP contribution in [0.1, 0.15) is 39.2 Å². The van der Waals surface area contributed by atoms with E-state index in [2.05, 4.69) is 68.4 Å². The normalized spacial score (nSPS) is 19.6. The molecule has 1 fully saturated rings. The lowest BCUT2D eigenvalue weighted by molar-refractivity contribution is 0.00578. The number of aryl methyl sites for hydroxylation is 2. The van der Waals surface area contributed by atoms with E-state index in [-0.39, 0.29) is 18.3 Å². The molecule has 0 atom stereocenters. The second kappa shape index (κ2) is 4.96. The summed E-state index contributed by atoms with van der Waals surface area (Å²) in [6, 6.07) is 8.30. The highest BCUT2D eigenvalue weighted by Crippen LogP contribution is 2.36. The minimum atomic E-state index is -0.316. The highest BCUT2D eigenvalue weighted by molar-refractivity contribution is 6.62. The fourth-order valence-corrected chi connectivity index (χ4v) is 2.71. The fraction of sp³-hybridized carbons (Fsp3) is 0.471. The van der Waals surface area contributed by atoms with Crippen molar-refractivity contribution in [3.63, 3.8) is 0 Å². The lowest BCUT2D eigenvalue weighted by atomic mass is 9.79. The third-order valence-corrected chi connectivity index (χ3v) is 4.79. The predicted molar refractivity (Wildman–Crippen MR) is 88.8 cm³/mol. The van der Waals surface area contributed by atoms with Crippen LogP contribution in [0.4, 0.5) is 0 Å². The lowest BCUT2D eigenvalue weighted by Crippen LogP contribution is -2.41. The Labute approximate surface area is 132 Å². The van der Waals surface area contributed by atoms with Crippen LogP contribution >= 0.6 is 0 Å². The summed E-state index contributed by atoms with van der Waals surface area (Å²) in [6.07, 6.45) is 1.89. The van der Waals surface area contributed by atoms with Gasteiger partial charge in [0.05, 0.1) is 11.2 Å². The summed E-state index contributed by atoms with van der Waals surface area (Å²) in [5, 5.41) is 0. The van der Waals surface area contributed by atoms with Crippen LogP contribution in [0, 0.1) is 13.8 Å². The molecule has 0 amide bonds. The molecule has 1 aromatic carbocycles. The van der Waals surface area contributed by atoms with Gasteiger partial charge in [-0.25, -0.2) is 4.98 Å². The van der Waals surface area contributed by atoms with E-state index in [1.54, 1.807) is 0 Å². The zero-order valence-electron chi connectivity index (χ0n) is 14.2. The van der Waals surface area contributed by atoms with Crippen molar-refractivity contribution in [3.8, 4) is 5.69 Å². The van der Waals surface area contributed by atoms with Gasteiger partial charge in [-0.2, -0.15) is 0 Å². The molecule has 1 aliphatic rings. The Kier molecular flexibility index (Phi) is 3.46. The maximum atomic E-state index is 6.09. The molecular formula is C17H23BN2O2. The summed E-state index contributed by atoms with van der Waals surface area (Å²) in [5.74, 6) is 0.987. The van der Waals surface area contributed by atoms with E-state index in [1.165, 1.54) is 0 Å². The molecule has 2 heterocycles. The van der Waals surface area contributed by atoms with Crippen molar-refractivity contribution in [1.82, 2.24) is 9.55 Å². The SMILES string of the molecule is Cc1cnc(C)n1-c1ccc(B2OC(C)(C)C(C)(C)O2)cc1. The zero-order valence-corrected chi connectivity index (χ0v) is 14.2. The fourth-order valence-electron chi connectivity index (χ4n) is 2.71. The van der Waals surface area contributed by atoms with Crippen LogP contribution in [0.25, 0.3) is 5.69 Å². The van der Waals surface area contributed by atoms with Gasteiger partial charge in [-0.1, -0.05) is 12.1 Å². The topological polar surface area (TPSA) is 36.3 Å². The number of hydrogen-bond acceptors (Lipinski definition) is 3. The summed E-state index contributed by atoms with van der Waals surface area (Å²) in [5.41, 5.74) is 2.65. The van der Waals surface area contributed by atoms with Crippen molar-refractivity contribution in [2.24, 2.45) is 0 Å². The first-order chi connectivity index (χ1) is 10.2. The molecule has 0 unspecified atom stereocenters. The van der Waals surface area contributed by atoms with Gasteiger partial charge in [0, 0.05) is 17.6 Å². The van der Waals surface area contributed by atoms with Crippen molar-refractivity contribution in [2.45, 2.75) is 52.7 Å². The molecular weight excluding hydrogens is 275 g/mol. The maximum absolute atomic E-state index is 6.09. The standard InChI is InChI=1S/C17H23BN2O2/c1-12-11-19-13(2)20(12)15-9-7-14(8-10-15)18-21-16(3,4)17(5,6)22-18/h7-11H,1-6H3. The van der Waals surface area contributed by atoms with Crippen LogP contribution < -0.4 is 5.46 Å². The molecule has 1 saturated heterocycles. The molecule has 0 aliphatic carbocycles. The van der Waals surface area contributed by atoms with Gasteiger partial charge in [0.15, 0.2) is 0 Å². The smallest absolute Gasteiger partial charge is 0.399 e. The molecule has 0 spiro atoms. The van der Waals surface area contributed by atoms with Gasteiger partial charge in [-0.3, -0.25) is 0 Å². The molecule has 0 N–H and O–H groups in total. The van der Waals surface area contributed by atoms with Gasteiger partial charge in [-0.15, -0.1) is 0 Å². The third-order valence-electron chi connectivity index (χ3n) is 4.79. The quantitative estimate of drug-likeness (QED) is 0.800. The zero-order chi connectivity index (χ0) is 16.1. The number of benzene rings is 1. The summed E-state index contributed by atoms with van der Waals surface area (Å²) >= 11 is 0. The second-order valence-corrected chi connectivity index (χ2v) is 6.96. The van der Waals surface area contributed by atoms with Crippen LogP contribution in [-0.2, 0) is 9.31 Å². The first-order valence-electron chi connectivity index (χ1n) is 7.68. The summed E-state index contributed by atoms with van der Waals surface area (Å²) in [7, 11) is -0.316. The van der Waals surface area contributed by atoms with Crippen LogP contribution in [0.3, 0.4) is 0 Å². The predicted octanol–water partition coefficient (Wildman–Crippen LogP) is 2.79. The average Bonchev–Trinajstić information content (AvgIpc) is 2.87. The van der Waals surface area contributed by atoms with E-state index in [1.807, 2.05) is 13.1 Å². The minimum Gasteiger partial charge on any atom is -0.399 e. The van der Waals surface area contributed by atoms with E-state index in [0.717, 1.165) is 22.7 Å². The van der Waals surface area contributed by atoms with E-state index < -0.39 is 0 Å². The van der Waals surface area contributed by atoms with E-state index in [0.29, 0.717) is 0 Å². The Morgan fingerprint density at radius 3 is 1.95 bits per heavy atom. The number of rotatable bonds is 2. The molecule has 22 heavy (non-hydrogen) atoms. The van der Waals surface area contributed by atoms with Crippen LogP contribution in [-0.4, -0.2) is 27.9 Å². The Hall–Kier alpha value is -1.59. The Bertz CT molecular complexity index is 654. The van der Waals surface area contributed by atoms with E-state index in [4.69, 9.17) is 9.31 Å². The van der Waals surface area contributed by atoms with Gasteiger partial charge in [0.1, 0.15) is 5.82 Å². The Balaban J connectivity index is 1.87. The summed E-state index contributed by atoms with van der Waals surface area (Å²) in [6.45, 7) is 12.3. The number of hydrogen-bond donors (Lipinski definition) is 0. The van der Waals surface area contributed by atoms with Crippen molar-refractivity contribution < 1.29 is 9.31 Å². The second-order valence-electron chi connectivity index (χ2n) is 6.96. The number of imidazole rings is 1. The minimum absolute atomic E-state index is 0.312. The molecule has 4 nitrogen and oxygen atoms in total. The molecule has 0 radical (unpaired) electrons. The highest BCUT2D eigenvalue weighted by Gasteiger charge is 2.51. The largest absolute Gasteiger partial charge is 0.494 e. The van der Waals surface area contributed by atoms with Crippen molar-refractivity contribution in [3.05, 3.63) is 42.0 Å². The van der Waals surface area contributed by atoms with E-state index in [9.17, 15) is 0 Å². The van der Waals surface area contributed by atoms with Gasteiger partial charge in [0.25, 0.3) is 0 Å². The van der Waals surface area contributed by atoms with Crippen molar-refractivity contribution in [2.75, 3.05) is 0 Å². The van der Waals surface area contributed by atoms with Crippen molar-refractivity contribution in [1.29, 1.82) is 0 Å². The molecule has 1 aromatic heterocycles. The highest BCUT2D eigenvalue weighted by atomic mass is 16.7. The Morgan fingerprint density at radius 2 is 1.50 bits per heavy atom. The van der Waals surface area contributed by atoms with Crippen LogP contribution in [0.15, 0.2) is 30.5 Å². The molecule has 3 rings (SSSR count). The van der Waals surface area contributed by atoms with Crippen molar-refractivity contribution >= 4 is 12.6 Å². The van der Waals surface area contributed by atoms with E-state index >= 15 is 0 Å². The monoisotopic (exact) mass is 298 g/mol. The number of nitrogens with zero attached hydrogens (tertiary/aromatic N) is 2. The first kappa shape index (κ1) is 15.3. The number of aromatic nitrogens is 2. The maximum Gasteiger partial charge on any atom is 0.494 e. The van der Waals surface area contributed by atoms with Gasteiger partial charge in [0.2, 0.25) is 0 Å². The van der Waals surface area contributed by atoms with Gasteiger partial charge in [-0.05, 0) is 59.1 Å². The van der Waals surface area contributed by atoms with Gasteiger partial charge >= 0.3 is 7.12 Å². The van der Waals surface area contributed by atoms with Crippen LogP contribution in [0.5, 0.6) is 0 Å². The average molecular weight is 298 g/mol. The molecule has 2 aromatic rings. The first-order valence-corrected chi connectivity index (χ1v) is 7.68. The van der Waals surface area contributed by atoms with Gasteiger partial charge < -0.3 is 13.9 Å². The summed E-state index contributed by atoms with van der Waals surface area (Å²) < 4.78 is 14.3. The molecule has 1 aliphatic heterocycles. The third kappa shape index (κ3) is 2.38. The summed E-state index contributed by atoms with van der Waals surface area (Å²) in [4.78, 5) is 4.34. The molecule has 5 heteroatoms. The van der Waals surface area contributed by atoms with Crippen LogP contribution in [0.2, 0.25) is 0 Å². The molecule has 0 bridgehead atoms. The Morgan fingerprint density at radius 1 is 0.955 bits per heavy atom. The molecule has 0 saturated carbocycles.